The van der Waals surface area contributed by atoms with E-state index in [4.69, 9.17) is 14.6 Å². The van der Waals surface area contributed by atoms with E-state index in [0.717, 1.165) is 27.3 Å². The van der Waals surface area contributed by atoms with Crippen molar-refractivity contribution in [3.8, 4) is 22.4 Å². The lowest BCUT2D eigenvalue weighted by Gasteiger charge is -2.08. The van der Waals surface area contributed by atoms with Crippen molar-refractivity contribution in [1.29, 1.82) is 0 Å². The molecule has 0 saturated carbocycles. The van der Waals surface area contributed by atoms with Gasteiger partial charge in [0, 0.05) is 0 Å². The van der Waals surface area contributed by atoms with Crippen LogP contribution in [0.4, 0.5) is 0 Å². The van der Waals surface area contributed by atoms with E-state index in [9.17, 15) is 4.79 Å². The Bertz CT molecular complexity index is 1120. The van der Waals surface area contributed by atoms with Crippen LogP contribution >= 0.6 is 11.3 Å². The molecule has 0 spiro atoms. The molecule has 4 aromatic rings. The Morgan fingerprint density at radius 2 is 1.62 bits per heavy atom. The molecule has 1 heterocycles. The molecule has 29 heavy (non-hydrogen) atoms. The van der Waals surface area contributed by atoms with Crippen molar-refractivity contribution in [2.24, 2.45) is 0 Å². The van der Waals surface area contributed by atoms with E-state index in [2.05, 4.69) is 4.98 Å². The number of hydrogen-bond acceptors (Lipinski definition) is 5. The molecule has 1 N–H and O–H groups in total. The number of nitrogens with zero attached hydrogens (tertiary/aromatic N) is 1. The molecule has 0 aliphatic rings. The van der Waals surface area contributed by atoms with Crippen molar-refractivity contribution in [1.82, 2.24) is 4.98 Å². The molecule has 0 amide bonds. The molecule has 1 atom stereocenters. The first-order valence-corrected chi connectivity index (χ1v) is 10.0. The largest absolute Gasteiger partial charge is 0.481 e. The highest BCUT2D eigenvalue weighted by atomic mass is 32.1. The van der Waals surface area contributed by atoms with Crippen LogP contribution in [-0.4, -0.2) is 16.1 Å². The number of thiazole rings is 1. The molecule has 4 rings (SSSR count). The van der Waals surface area contributed by atoms with Crippen molar-refractivity contribution in [2.45, 2.75) is 19.3 Å². The smallest absolute Gasteiger partial charge is 0.303 e. The van der Waals surface area contributed by atoms with Gasteiger partial charge in [-0.1, -0.05) is 42.5 Å². The molecule has 5 nitrogen and oxygen atoms in total. The van der Waals surface area contributed by atoms with Gasteiger partial charge in [0.2, 0.25) is 0 Å². The number of ether oxygens (including phenoxy) is 2. The Hall–Kier alpha value is -3.38. The van der Waals surface area contributed by atoms with Gasteiger partial charge >= 0.3 is 5.97 Å². The number of fused-ring (bicyclic) bond motifs is 1. The standard InChI is InChI=1S/C23H19NO4S/c1-15(13-22(25)26)16-7-12-20-21(14-16)29-23(24-20)28-19-10-8-18(9-11-19)27-17-5-3-2-4-6-17/h2-12,14-15H,13H2,1H3,(H,25,26). The molecule has 0 fully saturated rings. The van der Waals surface area contributed by atoms with Gasteiger partial charge < -0.3 is 14.6 Å². The van der Waals surface area contributed by atoms with Crippen LogP contribution in [0.2, 0.25) is 0 Å². The first kappa shape index (κ1) is 19.0. The average Bonchev–Trinajstić information content (AvgIpc) is 3.11. The third kappa shape index (κ3) is 4.73. The predicted octanol–water partition coefficient (Wildman–Crippen LogP) is 6.46. The maximum Gasteiger partial charge on any atom is 0.303 e. The number of carboxylic acids is 1. The second-order valence-electron chi connectivity index (χ2n) is 6.69. The lowest BCUT2D eigenvalue weighted by molar-refractivity contribution is -0.137. The van der Waals surface area contributed by atoms with E-state index in [1.807, 2.05) is 79.7 Å². The van der Waals surface area contributed by atoms with Crippen molar-refractivity contribution in [3.63, 3.8) is 0 Å². The second kappa shape index (κ2) is 8.32. The Labute approximate surface area is 172 Å². The Morgan fingerprint density at radius 3 is 2.31 bits per heavy atom. The van der Waals surface area contributed by atoms with Gasteiger partial charge in [-0.3, -0.25) is 4.79 Å². The summed E-state index contributed by atoms with van der Waals surface area (Å²) in [5, 5.41) is 9.53. The van der Waals surface area contributed by atoms with Gasteiger partial charge in [-0.25, -0.2) is 4.98 Å². The number of carboxylic acid groups (broad SMARTS) is 1. The van der Waals surface area contributed by atoms with Gasteiger partial charge in [0.15, 0.2) is 0 Å². The SMILES string of the molecule is CC(CC(=O)O)c1ccc2nc(Oc3ccc(Oc4ccccc4)cc3)sc2c1. The van der Waals surface area contributed by atoms with E-state index in [1.54, 1.807) is 0 Å². The first-order chi connectivity index (χ1) is 14.1. The molecule has 3 aromatic carbocycles. The summed E-state index contributed by atoms with van der Waals surface area (Å²) >= 11 is 1.44. The summed E-state index contributed by atoms with van der Waals surface area (Å²) in [7, 11) is 0. The van der Waals surface area contributed by atoms with Crippen molar-refractivity contribution in [2.75, 3.05) is 0 Å². The fraction of sp³-hybridized carbons (Fsp3) is 0.130. The molecular formula is C23H19NO4S. The van der Waals surface area contributed by atoms with Crippen molar-refractivity contribution in [3.05, 3.63) is 78.4 Å². The van der Waals surface area contributed by atoms with E-state index in [0.29, 0.717) is 10.9 Å². The molecule has 1 aromatic heterocycles. The molecule has 0 bridgehead atoms. The van der Waals surface area contributed by atoms with Crippen molar-refractivity contribution < 1.29 is 19.4 Å². The summed E-state index contributed by atoms with van der Waals surface area (Å²) in [5.74, 6) is 1.32. The van der Waals surface area contributed by atoms with Crippen molar-refractivity contribution >= 4 is 27.5 Å². The summed E-state index contributed by atoms with van der Waals surface area (Å²) in [6, 6.07) is 22.8. The van der Waals surface area contributed by atoms with Crippen LogP contribution in [0.25, 0.3) is 10.2 Å². The van der Waals surface area contributed by atoms with Crippen LogP contribution in [-0.2, 0) is 4.79 Å². The topological polar surface area (TPSA) is 68.7 Å². The Balaban J connectivity index is 1.46. The second-order valence-corrected chi connectivity index (χ2v) is 7.69. The molecule has 1 unspecified atom stereocenters. The number of hydrogen-bond donors (Lipinski definition) is 1. The fourth-order valence-corrected chi connectivity index (χ4v) is 3.83. The fourth-order valence-electron chi connectivity index (χ4n) is 2.95. The van der Waals surface area contributed by atoms with E-state index in [1.165, 1.54) is 11.3 Å². The van der Waals surface area contributed by atoms with E-state index in [-0.39, 0.29) is 12.3 Å². The molecular weight excluding hydrogens is 386 g/mol. The highest BCUT2D eigenvalue weighted by Gasteiger charge is 2.13. The normalized spacial score (nSPS) is 11.9. The minimum Gasteiger partial charge on any atom is -0.481 e. The number of benzene rings is 3. The van der Waals surface area contributed by atoms with Crippen LogP contribution < -0.4 is 9.47 Å². The Morgan fingerprint density at radius 1 is 0.966 bits per heavy atom. The monoisotopic (exact) mass is 405 g/mol. The highest BCUT2D eigenvalue weighted by Crippen LogP contribution is 2.34. The number of carbonyl (C=O) groups is 1. The lowest BCUT2D eigenvalue weighted by atomic mass is 9.98. The number of aromatic nitrogens is 1. The maximum absolute atomic E-state index is 10.9. The lowest BCUT2D eigenvalue weighted by Crippen LogP contribution is -2.02. The van der Waals surface area contributed by atoms with Crippen LogP contribution in [0.3, 0.4) is 0 Å². The van der Waals surface area contributed by atoms with E-state index < -0.39 is 5.97 Å². The van der Waals surface area contributed by atoms with Crippen LogP contribution in [0.1, 0.15) is 24.8 Å². The average molecular weight is 405 g/mol. The maximum atomic E-state index is 10.9. The van der Waals surface area contributed by atoms with Gasteiger partial charge in [-0.2, -0.15) is 0 Å². The predicted molar refractivity (Wildman–Crippen MR) is 113 cm³/mol. The van der Waals surface area contributed by atoms with Crippen LogP contribution in [0.15, 0.2) is 72.8 Å². The summed E-state index contributed by atoms with van der Waals surface area (Å²) in [6.07, 6.45) is 0.102. The zero-order valence-corrected chi connectivity index (χ0v) is 16.6. The van der Waals surface area contributed by atoms with Crippen LogP contribution in [0, 0.1) is 0 Å². The molecule has 0 aliphatic heterocycles. The minimum atomic E-state index is -0.800. The molecule has 146 valence electrons. The highest BCUT2D eigenvalue weighted by molar-refractivity contribution is 7.20. The van der Waals surface area contributed by atoms with Gasteiger partial charge in [0.25, 0.3) is 5.19 Å². The van der Waals surface area contributed by atoms with E-state index >= 15 is 0 Å². The van der Waals surface area contributed by atoms with Gasteiger partial charge in [0.1, 0.15) is 17.2 Å². The van der Waals surface area contributed by atoms with Gasteiger partial charge in [-0.05, 0) is 60.0 Å². The number of rotatable bonds is 7. The minimum absolute atomic E-state index is 0.0551. The van der Waals surface area contributed by atoms with Crippen LogP contribution in [0.5, 0.6) is 22.4 Å². The van der Waals surface area contributed by atoms with Gasteiger partial charge in [-0.15, -0.1) is 0 Å². The quantitative estimate of drug-likeness (QED) is 0.382. The third-order valence-corrected chi connectivity index (χ3v) is 5.35. The molecule has 0 radical (unpaired) electrons. The molecule has 0 aliphatic carbocycles. The summed E-state index contributed by atoms with van der Waals surface area (Å²) < 4.78 is 12.6. The van der Waals surface area contributed by atoms with Gasteiger partial charge in [0.05, 0.1) is 16.6 Å². The number of aliphatic carboxylic acids is 1. The zero-order chi connectivity index (χ0) is 20.2. The molecule has 0 saturated heterocycles. The third-order valence-electron chi connectivity index (χ3n) is 4.45. The Kier molecular flexibility index (Phi) is 5.44. The summed E-state index contributed by atoms with van der Waals surface area (Å²) in [6.45, 7) is 1.91. The molecule has 6 heteroatoms. The first-order valence-electron chi connectivity index (χ1n) is 9.20. The number of para-hydroxylation sites is 1. The summed E-state index contributed by atoms with van der Waals surface area (Å²) in [5.41, 5.74) is 1.82. The zero-order valence-electron chi connectivity index (χ0n) is 15.7. The summed E-state index contributed by atoms with van der Waals surface area (Å²) in [4.78, 5) is 15.4.